The SMILES string of the molecule is CC(C)c1cc(C(=O)N(CCc2ccccc2)C2CCN(C)CC2)n[nH]1. The number of aromatic nitrogens is 2. The van der Waals surface area contributed by atoms with E-state index >= 15 is 0 Å². The fraction of sp³-hybridized carbons (Fsp3) is 0.524. The first kappa shape index (κ1) is 18.6. The number of nitrogens with zero attached hydrogens (tertiary/aromatic N) is 3. The molecule has 0 saturated carbocycles. The predicted octanol–water partition coefficient (Wildman–Crippen LogP) is 3.31. The van der Waals surface area contributed by atoms with Crippen LogP contribution in [0.2, 0.25) is 0 Å². The van der Waals surface area contributed by atoms with Crippen LogP contribution in [0.25, 0.3) is 0 Å². The Labute approximate surface area is 156 Å². The Morgan fingerprint density at radius 1 is 1.27 bits per heavy atom. The molecule has 5 nitrogen and oxygen atoms in total. The second-order valence-electron chi connectivity index (χ2n) is 7.63. The molecule has 1 amide bonds. The van der Waals surface area contributed by atoms with Crippen molar-refractivity contribution in [3.05, 3.63) is 53.3 Å². The fourth-order valence-electron chi connectivity index (χ4n) is 3.54. The highest BCUT2D eigenvalue weighted by molar-refractivity contribution is 5.92. The molecule has 0 radical (unpaired) electrons. The van der Waals surface area contributed by atoms with Crippen LogP contribution in [0.15, 0.2) is 36.4 Å². The van der Waals surface area contributed by atoms with Crippen LogP contribution in [-0.2, 0) is 6.42 Å². The molecule has 1 N–H and O–H groups in total. The Bertz CT molecular complexity index is 702. The lowest BCUT2D eigenvalue weighted by atomic mass is 10.0. The van der Waals surface area contributed by atoms with Crippen LogP contribution in [0.1, 0.15) is 54.4 Å². The van der Waals surface area contributed by atoms with Gasteiger partial charge in [0.2, 0.25) is 0 Å². The number of carbonyl (C=O) groups is 1. The summed E-state index contributed by atoms with van der Waals surface area (Å²) in [7, 11) is 2.15. The summed E-state index contributed by atoms with van der Waals surface area (Å²) in [4.78, 5) is 17.6. The molecule has 0 spiro atoms. The lowest BCUT2D eigenvalue weighted by Gasteiger charge is -2.37. The number of hydrogen-bond donors (Lipinski definition) is 1. The zero-order valence-corrected chi connectivity index (χ0v) is 16.1. The first-order valence-corrected chi connectivity index (χ1v) is 9.63. The van der Waals surface area contributed by atoms with Crippen molar-refractivity contribution in [3.8, 4) is 0 Å². The van der Waals surface area contributed by atoms with E-state index in [1.54, 1.807) is 0 Å². The highest BCUT2D eigenvalue weighted by atomic mass is 16.2. The second-order valence-corrected chi connectivity index (χ2v) is 7.63. The average Bonchev–Trinajstić information content (AvgIpc) is 3.14. The molecule has 1 aliphatic rings. The van der Waals surface area contributed by atoms with Crippen LogP contribution < -0.4 is 0 Å². The summed E-state index contributed by atoms with van der Waals surface area (Å²) < 4.78 is 0. The second kappa shape index (κ2) is 8.49. The molecule has 1 fully saturated rings. The number of hydrogen-bond acceptors (Lipinski definition) is 3. The lowest BCUT2D eigenvalue weighted by molar-refractivity contribution is 0.0588. The van der Waals surface area contributed by atoms with Crippen LogP contribution in [0, 0.1) is 0 Å². The Balaban J connectivity index is 1.75. The predicted molar refractivity (Wildman–Crippen MR) is 104 cm³/mol. The van der Waals surface area contributed by atoms with Gasteiger partial charge in [-0.15, -0.1) is 0 Å². The number of likely N-dealkylation sites (tertiary alicyclic amines) is 1. The van der Waals surface area contributed by atoms with Gasteiger partial charge >= 0.3 is 0 Å². The van der Waals surface area contributed by atoms with E-state index in [2.05, 4.69) is 65.2 Å². The zero-order valence-electron chi connectivity index (χ0n) is 16.1. The Hall–Kier alpha value is -2.14. The molecule has 1 aromatic carbocycles. The molecule has 0 unspecified atom stereocenters. The molecule has 5 heteroatoms. The maximum atomic E-state index is 13.2. The maximum absolute atomic E-state index is 13.2. The average molecular weight is 354 g/mol. The maximum Gasteiger partial charge on any atom is 0.274 e. The molecular formula is C21H30N4O. The van der Waals surface area contributed by atoms with E-state index in [0.717, 1.165) is 44.6 Å². The summed E-state index contributed by atoms with van der Waals surface area (Å²) in [5.41, 5.74) is 2.82. The van der Waals surface area contributed by atoms with E-state index < -0.39 is 0 Å². The number of benzene rings is 1. The first-order valence-electron chi connectivity index (χ1n) is 9.63. The van der Waals surface area contributed by atoms with Crippen LogP contribution in [0.3, 0.4) is 0 Å². The van der Waals surface area contributed by atoms with E-state index in [1.807, 2.05) is 12.1 Å². The topological polar surface area (TPSA) is 52.2 Å². The van der Waals surface area contributed by atoms with Crippen molar-refractivity contribution in [3.63, 3.8) is 0 Å². The summed E-state index contributed by atoms with van der Waals surface area (Å²) in [6.45, 7) is 7.02. The van der Waals surface area contributed by atoms with Gasteiger partial charge in [-0.3, -0.25) is 9.89 Å². The molecule has 26 heavy (non-hydrogen) atoms. The van der Waals surface area contributed by atoms with E-state index in [9.17, 15) is 4.79 Å². The quantitative estimate of drug-likeness (QED) is 0.866. The summed E-state index contributed by atoms with van der Waals surface area (Å²) >= 11 is 0. The molecule has 1 aromatic heterocycles. The smallest absolute Gasteiger partial charge is 0.274 e. The van der Waals surface area contributed by atoms with Crippen molar-refractivity contribution >= 4 is 5.91 Å². The van der Waals surface area contributed by atoms with Crippen LogP contribution >= 0.6 is 0 Å². The number of aromatic amines is 1. The van der Waals surface area contributed by atoms with Crippen molar-refractivity contribution in [2.24, 2.45) is 0 Å². The highest BCUT2D eigenvalue weighted by Crippen LogP contribution is 2.20. The van der Waals surface area contributed by atoms with Crippen LogP contribution in [0.5, 0.6) is 0 Å². The minimum absolute atomic E-state index is 0.0543. The van der Waals surface area contributed by atoms with Gasteiger partial charge in [-0.05, 0) is 56.9 Å². The number of carbonyl (C=O) groups excluding carboxylic acids is 1. The van der Waals surface area contributed by atoms with Gasteiger partial charge in [-0.2, -0.15) is 5.10 Å². The molecule has 140 valence electrons. The van der Waals surface area contributed by atoms with Crippen molar-refractivity contribution < 1.29 is 4.79 Å². The molecule has 3 rings (SSSR count). The lowest BCUT2D eigenvalue weighted by Crippen LogP contribution is -2.47. The van der Waals surface area contributed by atoms with Crippen LogP contribution in [-0.4, -0.2) is 58.6 Å². The number of nitrogens with one attached hydrogen (secondary N) is 1. The van der Waals surface area contributed by atoms with Gasteiger partial charge in [0, 0.05) is 18.3 Å². The third-order valence-corrected chi connectivity index (χ3v) is 5.31. The molecule has 0 aliphatic carbocycles. The Kier molecular flexibility index (Phi) is 6.09. The summed E-state index contributed by atoms with van der Waals surface area (Å²) in [5.74, 6) is 0.392. The molecule has 0 atom stereocenters. The van der Waals surface area contributed by atoms with Gasteiger partial charge in [0.25, 0.3) is 5.91 Å². The van der Waals surface area contributed by atoms with Gasteiger partial charge in [-0.25, -0.2) is 0 Å². The number of piperidine rings is 1. The normalized spacial score (nSPS) is 16.2. The fourth-order valence-corrected chi connectivity index (χ4v) is 3.54. The summed E-state index contributed by atoms with van der Waals surface area (Å²) in [6, 6.07) is 12.6. The van der Waals surface area contributed by atoms with Crippen LogP contribution in [0.4, 0.5) is 0 Å². The highest BCUT2D eigenvalue weighted by Gasteiger charge is 2.28. The third-order valence-electron chi connectivity index (χ3n) is 5.31. The standard InChI is InChI=1S/C21H30N4O/c1-16(2)19-15-20(23-22-19)21(26)25(18-10-12-24(3)13-11-18)14-9-17-7-5-4-6-8-17/h4-8,15-16,18H,9-14H2,1-3H3,(H,22,23). The van der Waals surface area contributed by atoms with Gasteiger partial charge < -0.3 is 9.80 Å². The van der Waals surface area contributed by atoms with E-state index in [4.69, 9.17) is 0 Å². The first-order chi connectivity index (χ1) is 12.5. The third kappa shape index (κ3) is 4.52. The molecule has 1 aliphatic heterocycles. The number of amides is 1. The van der Waals surface area contributed by atoms with Gasteiger partial charge in [0.1, 0.15) is 5.69 Å². The molecular weight excluding hydrogens is 324 g/mol. The van der Waals surface area contributed by atoms with Crippen molar-refractivity contribution in [2.45, 2.75) is 45.1 Å². The molecule has 2 heterocycles. The van der Waals surface area contributed by atoms with E-state index in [-0.39, 0.29) is 5.91 Å². The van der Waals surface area contributed by atoms with Crippen molar-refractivity contribution in [2.75, 3.05) is 26.7 Å². The summed E-state index contributed by atoms with van der Waals surface area (Å²) in [5, 5.41) is 7.32. The van der Waals surface area contributed by atoms with Gasteiger partial charge in [0.15, 0.2) is 0 Å². The van der Waals surface area contributed by atoms with E-state index in [0.29, 0.717) is 17.7 Å². The van der Waals surface area contributed by atoms with Gasteiger partial charge in [0.05, 0.1) is 0 Å². The molecule has 0 bridgehead atoms. The van der Waals surface area contributed by atoms with Gasteiger partial charge in [-0.1, -0.05) is 44.2 Å². The largest absolute Gasteiger partial charge is 0.334 e. The summed E-state index contributed by atoms with van der Waals surface area (Å²) in [6.07, 6.45) is 2.93. The Morgan fingerprint density at radius 3 is 2.58 bits per heavy atom. The minimum Gasteiger partial charge on any atom is -0.334 e. The zero-order chi connectivity index (χ0) is 18.5. The van der Waals surface area contributed by atoms with Crippen molar-refractivity contribution in [1.82, 2.24) is 20.0 Å². The Morgan fingerprint density at radius 2 is 1.96 bits per heavy atom. The minimum atomic E-state index is 0.0543. The number of H-pyrrole nitrogens is 1. The monoisotopic (exact) mass is 354 g/mol. The molecule has 1 saturated heterocycles. The van der Waals surface area contributed by atoms with E-state index in [1.165, 1.54) is 5.56 Å². The van der Waals surface area contributed by atoms with Crippen molar-refractivity contribution in [1.29, 1.82) is 0 Å². The number of rotatable bonds is 6. The molecule has 2 aromatic rings.